The predicted octanol–water partition coefficient (Wildman–Crippen LogP) is 1.56. The van der Waals surface area contributed by atoms with E-state index in [1.807, 2.05) is 0 Å². The van der Waals surface area contributed by atoms with Crippen molar-refractivity contribution in [2.45, 2.75) is 38.7 Å². The Hall–Kier alpha value is -0.0400. The van der Waals surface area contributed by atoms with E-state index < -0.39 is 0 Å². The van der Waals surface area contributed by atoms with Gasteiger partial charge in [0, 0.05) is 0 Å². The highest BCUT2D eigenvalue weighted by molar-refractivity contribution is 5.01. The van der Waals surface area contributed by atoms with Gasteiger partial charge in [-0.05, 0) is 37.0 Å². The molecule has 2 fully saturated rings. The number of rotatable bonds is 0. The Morgan fingerprint density at radius 3 is 2.22 bits per heavy atom. The smallest absolute Gasteiger partial charge is 0.0573 e. The third-order valence-electron chi connectivity index (χ3n) is 3.40. The summed E-state index contributed by atoms with van der Waals surface area (Å²) in [6.45, 7) is 2.32. The van der Waals surface area contributed by atoms with Gasteiger partial charge < -0.3 is 5.11 Å². The Balaban J connectivity index is 2.15. The maximum Gasteiger partial charge on any atom is 0.0573 e. The van der Waals surface area contributed by atoms with Crippen molar-refractivity contribution >= 4 is 0 Å². The van der Waals surface area contributed by atoms with E-state index in [0.29, 0.717) is 11.3 Å². The summed E-state index contributed by atoms with van der Waals surface area (Å²) >= 11 is 0. The van der Waals surface area contributed by atoms with Gasteiger partial charge in [0.05, 0.1) is 6.10 Å². The largest absolute Gasteiger partial charge is 0.393 e. The van der Waals surface area contributed by atoms with Crippen molar-refractivity contribution in [2.24, 2.45) is 11.3 Å². The normalized spacial score (nSPS) is 56.7. The Morgan fingerprint density at radius 1 is 1.33 bits per heavy atom. The molecule has 0 saturated heterocycles. The Labute approximate surface area is 56.1 Å². The Bertz CT molecular complexity index is 133. The van der Waals surface area contributed by atoms with Gasteiger partial charge in [0.1, 0.15) is 0 Å². The summed E-state index contributed by atoms with van der Waals surface area (Å²) in [6, 6.07) is 0. The first-order valence-corrected chi connectivity index (χ1v) is 3.90. The van der Waals surface area contributed by atoms with Gasteiger partial charge in [-0.1, -0.05) is 6.92 Å². The Morgan fingerprint density at radius 2 is 2.00 bits per heavy atom. The molecule has 52 valence electrons. The molecule has 0 radical (unpaired) electrons. The van der Waals surface area contributed by atoms with Crippen LogP contribution >= 0.6 is 0 Å². The van der Waals surface area contributed by atoms with E-state index in [2.05, 4.69) is 6.92 Å². The molecule has 1 nitrogen and oxygen atoms in total. The van der Waals surface area contributed by atoms with Gasteiger partial charge in [-0.2, -0.15) is 0 Å². The molecule has 0 unspecified atom stereocenters. The molecule has 3 atom stereocenters. The summed E-state index contributed by atoms with van der Waals surface area (Å²) in [5.41, 5.74) is 0.555. The third kappa shape index (κ3) is 0.586. The molecule has 2 saturated carbocycles. The van der Waals surface area contributed by atoms with E-state index in [-0.39, 0.29) is 6.10 Å². The van der Waals surface area contributed by atoms with Crippen LogP contribution < -0.4 is 0 Å². The zero-order chi connectivity index (χ0) is 6.48. The summed E-state index contributed by atoms with van der Waals surface area (Å²) in [4.78, 5) is 0. The number of fused-ring (bicyclic) bond motifs is 1. The first-order chi connectivity index (χ1) is 4.22. The molecule has 0 bridgehead atoms. The van der Waals surface area contributed by atoms with Gasteiger partial charge in [0.15, 0.2) is 0 Å². The van der Waals surface area contributed by atoms with Gasteiger partial charge in [-0.3, -0.25) is 0 Å². The van der Waals surface area contributed by atoms with Crippen LogP contribution in [0.25, 0.3) is 0 Å². The zero-order valence-corrected chi connectivity index (χ0v) is 5.93. The van der Waals surface area contributed by atoms with Crippen LogP contribution in [0.4, 0.5) is 0 Å². The SMILES string of the molecule is C[C@@]12CC[C@@H](O)[C@@H]1CC2. The van der Waals surface area contributed by atoms with E-state index >= 15 is 0 Å². The van der Waals surface area contributed by atoms with Crippen LogP contribution in [0.3, 0.4) is 0 Å². The average molecular weight is 126 g/mol. The molecule has 2 aliphatic carbocycles. The first kappa shape index (κ1) is 5.72. The highest BCUT2D eigenvalue weighted by atomic mass is 16.3. The lowest BCUT2D eigenvalue weighted by atomic mass is 9.63. The van der Waals surface area contributed by atoms with E-state index in [4.69, 9.17) is 0 Å². The van der Waals surface area contributed by atoms with Gasteiger partial charge in [0.25, 0.3) is 0 Å². The average Bonchev–Trinajstić information content (AvgIpc) is 1.93. The molecule has 0 aromatic heterocycles. The molecule has 0 spiro atoms. The summed E-state index contributed by atoms with van der Waals surface area (Å²) in [5, 5.41) is 9.38. The summed E-state index contributed by atoms with van der Waals surface area (Å²) in [5.74, 6) is 0.664. The monoisotopic (exact) mass is 126 g/mol. The highest BCUT2D eigenvalue weighted by Crippen LogP contribution is 2.56. The van der Waals surface area contributed by atoms with Crippen molar-refractivity contribution in [3.63, 3.8) is 0 Å². The summed E-state index contributed by atoms with van der Waals surface area (Å²) < 4.78 is 0. The zero-order valence-electron chi connectivity index (χ0n) is 5.93. The lowest BCUT2D eigenvalue weighted by molar-refractivity contribution is 0.00767. The molecular formula is C8H14O. The first-order valence-electron chi connectivity index (χ1n) is 3.90. The van der Waals surface area contributed by atoms with E-state index in [1.165, 1.54) is 19.3 Å². The second kappa shape index (κ2) is 1.51. The van der Waals surface area contributed by atoms with E-state index in [9.17, 15) is 5.11 Å². The lowest BCUT2D eigenvalue weighted by Crippen LogP contribution is -2.37. The van der Waals surface area contributed by atoms with Crippen molar-refractivity contribution in [3.05, 3.63) is 0 Å². The fourth-order valence-electron chi connectivity index (χ4n) is 2.45. The molecule has 1 heteroatoms. The molecule has 9 heavy (non-hydrogen) atoms. The maximum atomic E-state index is 9.38. The van der Waals surface area contributed by atoms with Crippen LogP contribution in [-0.4, -0.2) is 11.2 Å². The van der Waals surface area contributed by atoms with Crippen molar-refractivity contribution in [2.75, 3.05) is 0 Å². The molecule has 0 heterocycles. The van der Waals surface area contributed by atoms with Crippen LogP contribution in [0, 0.1) is 11.3 Å². The quantitative estimate of drug-likeness (QED) is 0.522. The van der Waals surface area contributed by atoms with E-state index in [0.717, 1.165) is 6.42 Å². The number of hydrogen-bond acceptors (Lipinski definition) is 1. The molecule has 1 N–H and O–H groups in total. The fourth-order valence-corrected chi connectivity index (χ4v) is 2.45. The molecule has 0 amide bonds. The van der Waals surface area contributed by atoms with Gasteiger partial charge in [-0.15, -0.1) is 0 Å². The fraction of sp³-hybridized carbons (Fsp3) is 1.00. The third-order valence-corrected chi connectivity index (χ3v) is 3.40. The van der Waals surface area contributed by atoms with Crippen molar-refractivity contribution in [1.29, 1.82) is 0 Å². The van der Waals surface area contributed by atoms with Gasteiger partial charge in [-0.25, -0.2) is 0 Å². The number of aliphatic hydroxyl groups is 1. The Kier molecular flexibility index (Phi) is 0.963. The second-order valence-corrected chi connectivity index (χ2v) is 3.91. The maximum absolute atomic E-state index is 9.38. The minimum Gasteiger partial charge on any atom is -0.393 e. The van der Waals surface area contributed by atoms with Gasteiger partial charge >= 0.3 is 0 Å². The van der Waals surface area contributed by atoms with Crippen LogP contribution in [-0.2, 0) is 0 Å². The molecule has 0 aromatic rings. The number of hydrogen-bond donors (Lipinski definition) is 1. The standard InChI is InChI=1S/C8H14O/c1-8-4-2-6(8)7(9)3-5-8/h6-7,9H,2-5H2,1H3/t6-,7+,8+/m0/s1. The van der Waals surface area contributed by atoms with E-state index in [1.54, 1.807) is 0 Å². The van der Waals surface area contributed by atoms with Gasteiger partial charge in [0.2, 0.25) is 0 Å². The highest BCUT2D eigenvalue weighted by Gasteiger charge is 2.50. The molecule has 0 aromatic carbocycles. The van der Waals surface area contributed by atoms with Crippen molar-refractivity contribution < 1.29 is 5.11 Å². The summed E-state index contributed by atoms with van der Waals surface area (Å²) in [7, 11) is 0. The molecule has 2 rings (SSSR count). The van der Waals surface area contributed by atoms with Crippen LogP contribution in [0.15, 0.2) is 0 Å². The number of aliphatic hydroxyl groups excluding tert-OH is 1. The van der Waals surface area contributed by atoms with Crippen molar-refractivity contribution in [3.8, 4) is 0 Å². The van der Waals surface area contributed by atoms with Crippen LogP contribution in [0.2, 0.25) is 0 Å². The van der Waals surface area contributed by atoms with Crippen LogP contribution in [0.1, 0.15) is 32.6 Å². The molecule has 2 aliphatic rings. The lowest BCUT2D eigenvalue weighted by Gasteiger charge is -2.43. The van der Waals surface area contributed by atoms with Crippen molar-refractivity contribution in [1.82, 2.24) is 0 Å². The second-order valence-electron chi connectivity index (χ2n) is 3.91. The topological polar surface area (TPSA) is 20.2 Å². The molecular weight excluding hydrogens is 112 g/mol. The summed E-state index contributed by atoms with van der Waals surface area (Å²) in [6.07, 6.45) is 5.00. The minimum absolute atomic E-state index is 0.0451. The minimum atomic E-state index is 0.0451. The molecule has 0 aliphatic heterocycles. The predicted molar refractivity (Wildman–Crippen MR) is 36.1 cm³/mol. The van der Waals surface area contributed by atoms with Crippen LogP contribution in [0.5, 0.6) is 0 Å².